The van der Waals surface area contributed by atoms with E-state index in [1.807, 2.05) is 25.2 Å². The van der Waals surface area contributed by atoms with Crippen LogP contribution in [0.4, 0.5) is 0 Å². The fourth-order valence-electron chi connectivity index (χ4n) is 1.78. The Bertz CT molecular complexity index is 572. The van der Waals surface area contributed by atoms with Crippen LogP contribution in [-0.4, -0.2) is 26.1 Å². The number of hydrogen-bond acceptors (Lipinski definition) is 3. The number of aromatic nitrogens is 3. The lowest BCUT2D eigenvalue weighted by atomic mass is 9.86. The van der Waals surface area contributed by atoms with Crippen molar-refractivity contribution in [2.24, 2.45) is 12.5 Å². The molecular weight excluding hydrogens is 218 g/mol. The van der Waals surface area contributed by atoms with Gasteiger partial charge in [-0.15, -0.1) is 5.10 Å². The van der Waals surface area contributed by atoms with Gasteiger partial charge in [0.05, 0.1) is 10.9 Å². The maximum atomic E-state index is 11.1. The second-order valence-electron chi connectivity index (χ2n) is 4.90. The summed E-state index contributed by atoms with van der Waals surface area (Å²) >= 11 is 0. The van der Waals surface area contributed by atoms with Gasteiger partial charge in [-0.25, -0.2) is 4.68 Å². The Hall–Kier alpha value is -1.91. The molecule has 0 amide bonds. The number of benzene rings is 1. The summed E-state index contributed by atoms with van der Waals surface area (Å²) in [5.74, 6) is -0.795. The quantitative estimate of drug-likeness (QED) is 0.874. The van der Waals surface area contributed by atoms with Gasteiger partial charge in [-0.1, -0.05) is 11.3 Å². The normalized spacial score (nSPS) is 11.9. The van der Waals surface area contributed by atoms with Gasteiger partial charge in [0.25, 0.3) is 0 Å². The minimum atomic E-state index is -0.795. The van der Waals surface area contributed by atoms with Gasteiger partial charge in [0, 0.05) is 7.05 Å². The third-order valence-electron chi connectivity index (χ3n) is 2.90. The predicted molar refractivity (Wildman–Crippen MR) is 63.6 cm³/mol. The summed E-state index contributed by atoms with van der Waals surface area (Å²) in [6.45, 7) is 3.44. The summed E-state index contributed by atoms with van der Waals surface area (Å²) in [5, 5.41) is 17.0. The number of fused-ring (bicyclic) bond motifs is 1. The molecule has 0 radical (unpaired) electrons. The molecule has 0 atom stereocenters. The minimum absolute atomic E-state index is 0.481. The topological polar surface area (TPSA) is 68.0 Å². The van der Waals surface area contributed by atoms with Crippen LogP contribution in [0, 0.1) is 5.41 Å². The van der Waals surface area contributed by atoms with Crippen molar-refractivity contribution in [2.45, 2.75) is 20.3 Å². The van der Waals surface area contributed by atoms with Gasteiger partial charge in [-0.3, -0.25) is 4.79 Å². The Balaban J connectivity index is 2.34. The smallest absolute Gasteiger partial charge is 0.309 e. The standard InChI is InChI=1S/C12H15N3O2/c1-12(2,11(16)17)7-8-4-5-10-9(6-8)13-14-15(10)3/h4-6H,7H2,1-3H3,(H,16,17). The largest absolute Gasteiger partial charge is 0.481 e. The zero-order valence-electron chi connectivity index (χ0n) is 10.1. The molecule has 1 aromatic heterocycles. The van der Waals surface area contributed by atoms with E-state index in [0.717, 1.165) is 16.6 Å². The van der Waals surface area contributed by atoms with Crippen molar-refractivity contribution < 1.29 is 9.90 Å². The lowest BCUT2D eigenvalue weighted by Gasteiger charge is -2.18. The van der Waals surface area contributed by atoms with Gasteiger partial charge < -0.3 is 5.11 Å². The van der Waals surface area contributed by atoms with E-state index in [4.69, 9.17) is 5.11 Å². The van der Waals surface area contributed by atoms with E-state index in [2.05, 4.69) is 10.3 Å². The fraction of sp³-hybridized carbons (Fsp3) is 0.417. The summed E-state index contributed by atoms with van der Waals surface area (Å²) in [6.07, 6.45) is 0.481. The second-order valence-corrected chi connectivity index (χ2v) is 4.90. The Kier molecular flexibility index (Phi) is 2.61. The minimum Gasteiger partial charge on any atom is -0.481 e. The van der Waals surface area contributed by atoms with Crippen LogP contribution in [0.1, 0.15) is 19.4 Å². The molecule has 1 aromatic carbocycles. The summed E-state index contributed by atoms with van der Waals surface area (Å²) in [6, 6.07) is 5.74. The third-order valence-corrected chi connectivity index (χ3v) is 2.90. The van der Waals surface area contributed by atoms with E-state index in [9.17, 15) is 4.79 Å². The van der Waals surface area contributed by atoms with Gasteiger partial charge in [0.2, 0.25) is 0 Å². The Morgan fingerprint density at radius 2 is 2.18 bits per heavy atom. The highest BCUT2D eigenvalue weighted by Crippen LogP contribution is 2.23. The van der Waals surface area contributed by atoms with Gasteiger partial charge in [0.1, 0.15) is 5.52 Å². The summed E-state index contributed by atoms with van der Waals surface area (Å²) in [4.78, 5) is 11.1. The highest BCUT2D eigenvalue weighted by Gasteiger charge is 2.27. The van der Waals surface area contributed by atoms with Crippen molar-refractivity contribution in [1.29, 1.82) is 0 Å². The predicted octanol–water partition coefficient (Wildman–Crippen LogP) is 1.62. The van der Waals surface area contributed by atoms with Gasteiger partial charge in [0.15, 0.2) is 0 Å². The average molecular weight is 233 g/mol. The molecule has 2 rings (SSSR count). The zero-order valence-corrected chi connectivity index (χ0v) is 10.1. The Labute approximate surface area is 99.1 Å². The summed E-state index contributed by atoms with van der Waals surface area (Å²) in [5.41, 5.74) is 1.94. The zero-order chi connectivity index (χ0) is 12.6. The number of rotatable bonds is 3. The van der Waals surface area contributed by atoms with E-state index in [-0.39, 0.29) is 0 Å². The molecule has 0 bridgehead atoms. The Morgan fingerprint density at radius 3 is 2.82 bits per heavy atom. The molecule has 0 saturated heterocycles. The van der Waals surface area contributed by atoms with Crippen LogP contribution in [-0.2, 0) is 18.3 Å². The van der Waals surface area contributed by atoms with E-state index in [0.29, 0.717) is 6.42 Å². The first-order chi connectivity index (χ1) is 7.90. The molecule has 0 aliphatic rings. The van der Waals surface area contributed by atoms with Crippen LogP contribution < -0.4 is 0 Å². The maximum Gasteiger partial charge on any atom is 0.309 e. The molecule has 2 aromatic rings. The van der Waals surface area contributed by atoms with E-state index in [1.54, 1.807) is 18.5 Å². The SMILES string of the molecule is Cn1nnc2cc(CC(C)(C)C(=O)O)ccc21. The van der Waals surface area contributed by atoms with Gasteiger partial charge in [-0.2, -0.15) is 0 Å². The monoisotopic (exact) mass is 233 g/mol. The lowest BCUT2D eigenvalue weighted by molar-refractivity contribution is -0.146. The molecule has 1 N–H and O–H groups in total. The first-order valence-electron chi connectivity index (χ1n) is 5.42. The van der Waals surface area contributed by atoms with Crippen LogP contribution in [0.2, 0.25) is 0 Å². The van der Waals surface area contributed by atoms with Crippen molar-refractivity contribution in [3.05, 3.63) is 23.8 Å². The van der Waals surface area contributed by atoms with Crippen LogP contribution in [0.15, 0.2) is 18.2 Å². The number of aliphatic carboxylic acids is 1. The van der Waals surface area contributed by atoms with Crippen molar-refractivity contribution in [2.75, 3.05) is 0 Å². The highest BCUT2D eigenvalue weighted by molar-refractivity contribution is 5.76. The molecule has 0 aliphatic carbocycles. The molecule has 5 heteroatoms. The van der Waals surface area contributed by atoms with Crippen molar-refractivity contribution in [3.8, 4) is 0 Å². The van der Waals surface area contributed by atoms with Crippen LogP contribution in [0.3, 0.4) is 0 Å². The Morgan fingerprint density at radius 1 is 1.47 bits per heavy atom. The lowest BCUT2D eigenvalue weighted by Crippen LogP contribution is -2.26. The second kappa shape index (κ2) is 3.84. The van der Waals surface area contributed by atoms with Crippen LogP contribution in [0.25, 0.3) is 11.0 Å². The number of carboxylic acids is 1. The van der Waals surface area contributed by atoms with E-state index in [1.165, 1.54) is 0 Å². The van der Waals surface area contributed by atoms with E-state index < -0.39 is 11.4 Å². The molecular formula is C12H15N3O2. The van der Waals surface area contributed by atoms with E-state index >= 15 is 0 Å². The summed E-state index contributed by atoms with van der Waals surface area (Å²) < 4.78 is 1.70. The van der Waals surface area contributed by atoms with Gasteiger partial charge >= 0.3 is 5.97 Å². The number of nitrogens with zero attached hydrogens (tertiary/aromatic N) is 3. The molecule has 5 nitrogen and oxygen atoms in total. The van der Waals surface area contributed by atoms with Crippen LogP contribution in [0.5, 0.6) is 0 Å². The molecule has 0 spiro atoms. The number of hydrogen-bond donors (Lipinski definition) is 1. The van der Waals surface area contributed by atoms with Crippen LogP contribution >= 0.6 is 0 Å². The average Bonchev–Trinajstić information content (AvgIpc) is 2.59. The maximum absolute atomic E-state index is 11.1. The van der Waals surface area contributed by atoms with Crippen molar-refractivity contribution in [3.63, 3.8) is 0 Å². The van der Waals surface area contributed by atoms with Crippen molar-refractivity contribution >= 4 is 17.0 Å². The first-order valence-corrected chi connectivity index (χ1v) is 5.42. The first kappa shape index (κ1) is 11.6. The number of carboxylic acid groups (broad SMARTS) is 1. The molecule has 90 valence electrons. The number of carbonyl (C=O) groups is 1. The molecule has 0 unspecified atom stereocenters. The molecule has 0 fully saturated rings. The molecule has 1 heterocycles. The number of aryl methyl sites for hydroxylation is 1. The molecule has 0 saturated carbocycles. The third kappa shape index (κ3) is 2.13. The molecule has 17 heavy (non-hydrogen) atoms. The van der Waals surface area contributed by atoms with Gasteiger partial charge in [-0.05, 0) is 38.0 Å². The van der Waals surface area contributed by atoms with Crippen molar-refractivity contribution in [1.82, 2.24) is 15.0 Å². The molecule has 0 aliphatic heterocycles. The highest BCUT2D eigenvalue weighted by atomic mass is 16.4. The fourth-order valence-corrected chi connectivity index (χ4v) is 1.78. The summed E-state index contributed by atoms with van der Waals surface area (Å²) in [7, 11) is 1.83.